The van der Waals surface area contributed by atoms with Gasteiger partial charge < -0.3 is 24.3 Å². The van der Waals surface area contributed by atoms with Gasteiger partial charge in [0, 0.05) is 11.3 Å². The molecule has 42 heavy (non-hydrogen) atoms. The van der Waals surface area contributed by atoms with Crippen LogP contribution in [0.3, 0.4) is 0 Å². The van der Waals surface area contributed by atoms with Crippen LogP contribution in [-0.4, -0.2) is 30.5 Å². The first-order valence-corrected chi connectivity index (χ1v) is 12.6. The Morgan fingerprint density at radius 1 is 0.833 bits per heavy atom. The van der Waals surface area contributed by atoms with Gasteiger partial charge in [-0.05, 0) is 71.8 Å². The molecule has 2 aliphatic heterocycles. The van der Waals surface area contributed by atoms with E-state index < -0.39 is 18.9 Å². The molecule has 2 amide bonds. The van der Waals surface area contributed by atoms with Crippen molar-refractivity contribution < 1.29 is 41.3 Å². The van der Waals surface area contributed by atoms with Gasteiger partial charge in [0.05, 0.1) is 12.2 Å². The molecule has 0 fully saturated rings. The van der Waals surface area contributed by atoms with Gasteiger partial charge >= 0.3 is 18.9 Å². The Kier molecular flexibility index (Phi) is 6.95. The lowest BCUT2D eigenvalue weighted by molar-refractivity contribution is -0.286. The van der Waals surface area contributed by atoms with Gasteiger partial charge in [0.15, 0.2) is 11.5 Å². The first kappa shape index (κ1) is 26.8. The summed E-state index contributed by atoms with van der Waals surface area (Å²) in [5.74, 6) is 0.711. The maximum Gasteiger partial charge on any atom is 0.586 e. The average molecular weight is 580 g/mol. The highest BCUT2D eigenvalue weighted by molar-refractivity contribution is 5.98. The number of fused-ring (bicyclic) bond motifs is 1. The molecule has 0 saturated heterocycles. The first-order valence-electron chi connectivity index (χ1n) is 12.6. The standard InChI is InChI=1S/C30H21F4N3O5/c31-28(32)40-23-13-11-22(12-14-23)39-21-9-7-20(8-10-21)35-29(38)37-17-24(27(36-37)18-4-2-1-3-5-18)19-6-15-25-26(16-19)42-30(33,34)41-25/h1-16,28,36H,17H2,(H,35,38). The van der Waals surface area contributed by atoms with Crippen LogP contribution in [0.5, 0.6) is 28.7 Å². The Labute approximate surface area is 236 Å². The molecule has 4 aromatic rings. The minimum Gasteiger partial charge on any atom is -0.457 e. The topological polar surface area (TPSA) is 81.3 Å². The smallest absolute Gasteiger partial charge is 0.457 e. The Morgan fingerprint density at radius 3 is 2.17 bits per heavy atom. The lowest BCUT2D eigenvalue weighted by atomic mass is 10.0. The van der Waals surface area contributed by atoms with Crippen LogP contribution in [0.4, 0.5) is 28.0 Å². The fourth-order valence-electron chi connectivity index (χ4n) is 4.44. The summed E-state index contributed by atoms with van der Waals surface area (Å²) >= 11 is 0. The second-order valence-corrected chi connectivity index (χ2v) is 9.15. The molecular weight excluding hydrogens is 558 g/mol. The third kappa shape index (κ3) is 5.87. The summed E-state index contributed by atoms with van der Waals surface area (Å²) in [7, 11) is 0. The molecule has 8 nitrogen and oxygen atoms in total. The van der Waals surface area contributed by atoms with Crippen LogP contribution in [-0.2, 0) is 0 Å². The molecule has 4 aromatic carbocycles. The number of carbonyl (C=O) groups is 1. The van der Waals surface area contributed by atoms with Crippen LogP contribution in [0, 0.1) is 0 Å². The zero-order chi connectivity index (χ0) is 29.3. The second kappa shape index (κ2) is 10.9. The van der Waals surface area contributed by atoms with Gasteiger partial charge in [-0.3, -0.25) is 5.43 Å². The van der Waals surface area contributed by atoms with Crippen LogP contribution < -0.4 is 29.7 Å². The fourth-order valence-corrected chi connectivity index (χ4v) is 4.44. The molecule has 2 aliphatic rings. The Morgan fingerprint density at radius 2 is 1.48 bits per heavy atom. The number of urea groups is 1. The Balaban J connectivity index is 1.14. The minimum atomic E-state index is -3.74. The number of amides is 2. The number of hydrazine groups is 1. The van der Waals surface area contributed by atoms with E-state index in [1.807, 2.05) is 30.3 Å². The monoisotopic (exact) mass is 579 g/mol. The number of anilines is 1. The molecule has 0 saturated carbocycles. The third-order valence-electron chi connectivity index (χ3n) is 6.31. The van der Waals surface area contributed by atoms with E-state index in [-0.39, 0.29) is 23.8 Å². The number of rotatable bonds is 7. The number of alkyl halides is 4. The number of hydrogen-bond donors (Lipinski definition) is 2. The fraction of sp³-hybridized carbons (Fsp3) is 0.100. The maximum absolute atomic E-state index is 13.6. The molecule has 0 aliphatic carbocycles. The van der Waals surface area contributed by atoms with E-state index in [2.05, 4.69) is 25.0 Å². The van der Waals surface area contributed by atoms with Crippen molar-refractivity contribution in [1.29, 1.82) is 0 Å². The van der Waals surface area contributed by atoms with E-state index in [0.29, 0.717) is 34.0 Å². The molecule has 0 spiro atoms. The molecule has 6 rings (SSSR count). The zero-order valence-corrected chi connectivity index (χ0v) is 21.5. The molecule has 214 valence electrons. The molecule has 0 radical (unpaired) electrons. The number of ether oxygens (including phenoxy) is 4. The molecular formula is C30H21F4N3O5. The van der Waals surface area contributed by atoms with E-state index in [0.717, 1.165) is 5.56 Å². The normalized spacial score (nSPS) is 15.0. The summed E-state index contributed by atoms with van der Waals surface area (Å²) in [6, 6.07) is 25.6. The number of hydrogen-bond acceptors (Lipinski definition) is 6. The highest BCUT2D eigenvalue weighted by atomic mass is 19.3. The van der Waals surface area contributed by atoms with Crippen LogP contribution in [0.15, 0.2) is 97.1 Å². The number of benzene rings is 4. The molecule has 0 aromatic heterocycles. The largest absolute Gasteiger partial charge is 0.586 e. The molecule has 0 unspecified atom stereocenters. The van der Waals surface area contributed by atoms with Crippen LogP contribution in [0.25, 0.3) is 11.3 Å². The van der Waals surface area contributed by atoms with Crippen LogP contribution in [0.2, 0.25) is 0 Å². The van der Waals surface area contributed by atoms with Crippen molar-refractivity contribution in [2.24, 2.45) is 0 Å². The summed E-state index contributed by atoms with van der Waals surface area (Å²) < 4.78 is 71.0. The quantitative estimate of drug-likeness (QED) is 0.223. The summed E-state index contributed by atoms with van der Waals surface area (Å²) in [5, 5.41) is 4.17. The van der Waals surface area contributed by atoms with Gasteiger partial charge in [-0.1, -0.05) is 36.4 Å². The highest BCUT2D eigenvalue weighted by Gasteiger charge is 2.43. The van der Waals surface area contributed by atoms with Crippen molar-refractivity contribution >= 4 is 23.0 Å². The van der Waals surface area contributed by atoms with Crippen molar-refractivity contribution in [1.82, 2.24) is 10.4 Å². The Hall–Kier alpha value is -5.39. The summed E-state index contributed by atoms with van der Waals surface area (Å²) in [6.45, 7) is -2.79. The summed E-state index contributed by atoms with van der Waals surface area (Å²) in [6.07, 6.45) is -3.74. The molecule has 2 N–H and O–H groups in total. The first-order chi connectivity index (χ1) is 20.2. The lowest BCUT2D eigenvalue weighted by Gasteiger charge is -2.19. The van der Waals surface area contributed by atoms with Crippen molar-refractivity contribution in [3.05, 3.63) is 108 Å². The van der Waals surface area contributed by atoms with E-state index in [1.165, 1.54) is 41.4 Å². The zero-order valence-electron chi connectivity index (χ0n) is 21.5. The van der Waals surface area contributed by atoms with Crippen molar-refractivity contribution in [2.45, 2.75) is 12.9 Å². The molecule has 0 atom stereocenters. The van der Waals surface area contributed by atoms with Crippen LogP contribution in [0.1, 0.15) is 11.1 Å². The van der Waals surface area contributed by atoms with E-state index in [9.17, 15) is 22.4 Å². The lowest BCUT2D eigenvalue weighted by Crippen LogP contribution is -2.40. The SMILES string of the molecule is O=C(Nc1ccc(Oc2ccc(OC(F)F)cc2)cc1)N1CC(c2ccc3c(c2)OC(F)(F)O3)=C(c2ccccc2)N1. The molecule has 0 bridgehead atoms. The Bertz CT molecular complexity index is 1630. The molecule has 12 heteroatoms. The predicted molar refractivity (Wildman–Crippen MR) is 144 cm³/mol. The van der Waals surface area contributed by atoms with E-state index in [1.54, 1.807) is 30.3 Å². The average Bonchev–Trinajstić information content (AvgIpc) is 3.55. The van der Waals surface area contributed by atoms with E-state index in [4.69, 9.17) is 4.74 Å². The van der Waals surface area contributed by atoms with Gasteiger partial charge in [-0.2, -0.15) is 8.78 Å². The predicted octanol–water partition coefficient (Wildman–Crippen LogP) is 7.32. The van der Waals surface area contributed by atoms with Gasteiger partial charge in [-0.15, -0.1) is 8.78 Å². The van der Waals surface area contributed by atoms with Gasteiger partial charge in [-0.25, -0.2) is 9.80 Å². The molecule has 2 heterocycles. The van der Waals surface area contributed by atoms with Gasteiger partial charge in [0.1, 0.15) is 17.2 Å². The number of nitrogens with one attached hydrogen (secondary N) is 2. The second-order valence-electron chi connectivity index (χ2n) is 9.15. The van der Waals surface area contributed by atoms with E-state index >= 15 is 0 Å². The minimum absolute atomic E-state index is 0.0130. The van der Waals surface area contributed by atoms with Crippen molar-refractivity contribution in [3.8, 4) is 28.7 Å². The van der Waals surface area contributed by atoms with Gasteiger partial charge in [0.2, 0.25) is 0 Å². The van der Waals surface area contributed by atoms with Crippen molar-refractivity contribution in [3.63, 3.8) is 0 Å². The number of nitrogens with zero attached hydrogens (tertiary/aromatic N) is 1. The number of halogens is 4. The van der Waals surface area contributed by atoms with Gasteiger partial charge in [0.25, 0.3) is 0 Å². The maximum atomic E-state index is 13.6. The third-order valence-corrected chi connectivity index (χ3v) is 6.31. The summed E-state index contributed by atoms with van der Waals surface area (Å²) in [4.78, 5) is 13.2. The summed E-state index contributed by atoms with van der Waals surface area (Å²) in [5.41, 5.74) is 6.29. The van der Waals surface area contributed by atoms with Crippen molar-refractivity contribution in [2.75, 3.05) is 11.9 Å². The number of carbonyl (C=O) groups excluding carboxylic acids is 1. The van der Waals surface area contributed by atoms with Crippen LogP contribution >= 0.6 is 0 Å². The highest BCUT2D eigenvalue weighted by Crippen LogP contribution is 2.43.